The third kappa shape index (κ3) is 4.70. The lowest BCUT2D eigenvalue weighted by molar-refractivity contribution is 0.284. The lowest BCUT2D eigenvalue weighted by atomic mass is 9.84. The van der Waals surface area contributed by atoms with Crippen molar-refractivity contribution in [1.82, 2.24) is 19.6 Å². The molecule has 0 N–H and O–H groups in total. The number of para-hydroxylation sites is 1. The van der Waals surface area contributed by atoms with Gasteiger partial charge in [0.05, 0.1) is 29.5 Å². The Morgan fingerprint density at radius 2 is 1.71 bits per heavy atom. The van der Waals surface area contributed by atoms with Gasteiger partial charge in [-0.3, -0.25) is 0 Å². The van der Waals surface area contributed by atoms with Crippen molar-refractivity contribution in [2.24, 2.45) is 0 Å². The fourth-order valence-corrected chi connectivity index (χ4v) is 5.97. The van der Waals surface area contributed by atoms with Crippen LogP contribution >= 0.6 is 15.9 Å². The van der Waals surface area contributed by atoms with Gasteiger partial charge in [0.25, 0.3) is 0 Å². The minimum absolute atomic E-state index is 0.328. The van der Waals surface area contributed by atoms with Gasteiger partial charge in [-0.1, -0.05) is 76.6 Å². The molecule has 1 aliphatic rings. The minimum atomic E-state index is -0.667. The predicted molar refractivity (Wildman–Crippen MR) is 171 cm³/mol. The predicted octanol–water partition coefficient (Wildman–Crippen LogP) is 7.53. The van der Waals surface area contributed by atoms with E-state index < -0.39 is 11.5 Å². The zero-order chi connectivity index (χ0) is 30.5. The van der Waals surface area contributed by atoms with Gasteiger partial charge < -0.3 is 18.6 Å². The van der Waals surface area contributed by atoms with E-state index in [0.29, 0.717) is 63.3 Å². The number of nitrogens with zero attached hydrogens (tertiary/aromatic N) is 4. The second-order valence-corrected chi connectivity index (χ2v) is 11.4. The van der Waals surface area contributed by atoms with Crippen molar-refractivity contribution in [1.29, 1.82) is 0 Å². The summed E-state index contributed by atoms with van der Waals surface area (Å²) in [5.41, 5.74) is 3.94. The third-order valence-corrected chi connectivity index (χ3v) is 8.35. The highest BCUT2D eigenvalue weighted by molar-refractivity contribution is 9.10. The van der Waals surface area contributed by atoms with Crippen molar-refractivity contribution in [3.8, 4) is 34.5 Å². The summed E-state index contributed by atoms with van der Waals surface area (Å²) < 4.78 is 26.7. The van der Waals surface area contributed by atoms with Gasteiger partial charge in [0, 0.05) is 10.0 Å². The zero-order valence-electron chi connectivity index (χ0n) is 23.8. The van der Waals surface area contributed by atoms with Crippen LogP contribution in [0.15, 0.2) is 117 Å². The molecule has 4 aromatic carbocycles. The number of hydrogen-bond acceptors (Lipinski definition) is 8. The molecular formula is C35H23BrN4O5. The van der Waals surface area contributed by atoms with E-state index in [1.54, 1.807) is 24.0 Å². The first-order chi connectivity index (χ1) is 22.1. The Balaban J connectivity index is 1.32. The quantitative estimate of drug-likeness (QED) is 0.169. The Morgan fingerprint density at radius 1 is 0.911 bits per heavy atom. The first-order valence-electron chi connectivity index (χ1n) is 14.2. The molecule has 3 aromatic heterocycles. The summed E-state index contributed by atoms with van der Waals surface area (Å²) in [6.45, 7) is 0.373. The lowest BCUT2D eigenvalue weighted by Crippen LogP contribution is -2.22. The van der Waals surface area contributed by atoms with Gasteiger partial charge in [0.2, 0.25) is 5.88 Å². The Bertz CT molecular complexity index is 2280. The highest BCUT2D eigenvalue weighted by atomic mass is 79.9. The average molecular weight is 659 g/mol. The summed E-state index contributed by atoms with van der Waals surface area (Å²) in [4.78, 5) is 23.3. The van der Waals surface area contributed by atoms with Crippen molar-refractivity contribution in [2.75, 3.05) is 7.11 Å². The Hall–Kier alpha value is -5.48. The second kappa shape index (κ2) is 10.9. The first kappa shape index (κ1) is 27.1. The lowest BCUT2D eigenvalue weighted by Gasteiger charge is -2.27. The van der Waals surface area contributed by atoms with E-state index in [9.17, 15) is 4.79 Å². The number of halogens is 1. The summed E-state index contributed by atoms with van der Waals surface area (Å²) in [6, 6.07) is 30.5. The van der Waals surface area contributed by atoms with Crippen LogP contribution in [0, 0.1) is 0 Å². The van der Waals surface area contributed by atoms with Gasteiger partial charge in [-0.2, -0.15) is 0 Å². The molecule has 45 heavy (non-hydrogen) atoms. The molecule has 0 fully saturated rings. The van der Waals surface area contributed by atoms with E-state index in [4.69, 9.17) is 28.7 Å². The number of benzene rings is 4. The molecule has 0 aliphatic carbocycles. The molecule has 0 bridgehead atoms. The van der Waals surface area contributed by atoms with Crippen molar-refractivity contribution in [3.05, 3.63) is 141 Å². The fraction of sp³-hybridized carbons (Fsp3) is 0.0857. The maximum Gasteiger partial charge on any atom is 0.344 e. The molecule has 7 aromatic rings. The van der Waals surface area contributed by atoms with E-state index in [-0.39, 0.29) is 0 Å². The molecule has 0 amide bonds. The fourth-order valence-electron chi connectivity index (χ4n) is 5.70. The van der Waals surface area contributed by atoms with Gasteiger partial charge >= 0.3 is 5.63 Å². The molecule has 9 nitrogen and oxygen atoms in total. The molecule has 1 atom stereocenters. The summed E-state index contributed by atoms with van der Waals surface area (Å²) in [5.74, 6) is 1.65. The highest BCUT2D eigenvalue weighted by Crippen LogP contribution is 2.49. The van der Waals surface area contributed by atoms with Crippen LogP contribution in [0.5, 0.6) is 23.1 Å². The molecule has 4 heterocycles. The Labute approximate surface area is 264 Å². The Morgan fingerprint density at radius 3 is 2.53 bits per heavy atom. The topological polar surface area (TPSA) is 101 Å². The van der Waals surface area contributed by atoms with E-state index in [1.165, 1.54) is 0 Å². The van der Waals surface area contributed by atoms with E-state index in [1.807, 2.05) is 91.0 Å². The molecule has 220 valence electrons. The molecule has 8 rings (SSSR count). The molecule has 0 radical (unpaired) electrons. The molecule has 0 spiro atoms. The van der Waals surface area contributed by atoms with Gasteiger partial charge in [0.1, 0.15) is 18.5 Å². The standard InChI is InChI=1S/C35H23BrN4O5/c1-42-27-17-22(13-16-26(27)43-18-20-7-3-2-4-8-20)28-29-31(24-9-5-6-10-25(24)44-35(29)41)45-34-30(28)33-38-32(39-40(33)19-37-34)21-11-14-23(36)15-12-21/h2-17,19,28H,18H2,1H3. The van der Waals surface area contributed by atoms with Crippen molar-refractivity contribution >= 4 is 32.5 Å². The number of fused-ring (bicyclic) bond motifs is 6. The van der Waals surface area contributed by atoms with Crippen LogP contribution in [0.25, 0.3) is 28.0 Å². The van der Waals surface area contributed by atoms with Crippen molar-refractivity contribution in [2.45, 2.75) is 12.5 Å². The van der Waals surface area contributed by atoms with Gasteiger partial charge in [-0.25, -0.2) is 19.3 Å². The third-order valence-electron chi connectivity index (χ3n) is 7.82. The largest absolute Gasteiger partial charge is 0.493 e. The van der Waals surface area contributed by atoms with Crippen molar-refractivity contribution in [3.63, 3.8) is 0 Å². The first-order valence-corrected chi connectivity index (χ1v) is 15.0. The maximum atomic E-state index is 13.8. The normalized spacial score (nSPS) is 13.7. The van der Waals surface area contributed by atoms with Gasteiger partial charge in [-0.05, 0) is 47.5 Å². The van der Waals surface area contributed by atoms with Gasteiger partial charge in [-0.15, -0.1) is 5.10 Å². The summed E-state index contributed by atoms with van der Waals surface area (Å²) in [5, 5.41) is 5.37. The van der Waals surface area contributed by atoms with Crippen LogP contribution in [0.4, 0.5) is 0 Å². The van der Waals surface area contributed by atoms with Crippen LogP contribution < -0.4 is 19.8 Å². The number of methoxy groups -OCH3 is 1. The van der Waals surface area contributed by atoms with Crippen LogP contribution in [-0.4, -0.2) is 26.7 Å². The second-order valence-electron chi connectivity index (χ2n) is 10.5. The molecule has 1 aliphatic heterocycles. The highest BCUT2D eigenvalue weighted by Gasteiger charge is 2.38. The van der Waals surface area contributed by atoms with Gasteiger partial charge in [0.15, 0.2) is 28.7 Å². The van der Waals surface area contributed by atoms with E-state index in [0.717, 1.165) is 21.2 Å². The van der Waals surface area contributed by atoms with E-state index in [2.05, 4.69) is 20.9 Å². The molecule has 0 saturated heterocycles. The minimum Gasteiger partial charge on any atom is -0.493 e. The summed E-state index contributed by atoms with van der Waals surface area (Å²) in [7, 11) is 1.59. The van der Waals surface area contributed by atoms with Crippen molar-refractivity contribution < 1.29 is 18.6 Å². The van der Waals surface area contributed by atoms with Crippen LogP contribution in [-0.2, 0) is 6.61 Å². The molecule has 0 saturated carbocycles. The van der Waals surface area contributed by atoms with Crippen LogP contribution in [0.2, 0.25) is 0 Å². The monoisotopic (exact) mass is 658 g/mol. The number of aromatic nitrogens is 4. The number of rotatable bonds is 6. The summed E-state index contributed by atoms with van der Waals surface area (Å²) in [6.07, 6.45) is 1.57. The Kier molecular flexibility index (Phi) is 6.57. The number of hydrogen-bond donors (Lipinski definition) is 0. The SMILES string of the molecule is COc1cc(C2c3c(c4ccccc4oc3=O)Oc3ncn4nc(-c5ccc(Br)cc5)nc4c32)ccc1OCc1ccccc1. The zero-order valence-corrected chi connectivity index (χ0v) is 25.4. The van der Waals surface area contributed by atoms with Crippen LogP contribution in [0.3, 0.4) is 0 Å². The number of ether oxygens (including phenoxy) is 3. The molecular weight excluding hydrogens is 636 g/mol. The van der Waals surface area contributed by atoms with E-state index >= 15 is 0 Å². The maximum absolute atomic E-state index is 13.8. The molecule has 1 unspecified atom stereocenters. The summed E-state index contributed by atoms with van der Waals surface area (Å²) >= 11 is 3.48. The smallest absolute Gasteiger partial charge is 0.344 e. The average Bonchev–Trinajstić information content (AvgIpc) is 3.52. The van der Waals surface area contributed by atoms with Crippen LogP contribution in [0.1, 0.15) is 28.2 Å². The molecule has 10 heteroatoms.